The van der Waals surface area contributed by atoms with Gasteiger partial charge in [-0.1, -0.05) is 0 Å². The third-order valence-electron chi connectivity index (χ3n) is 4.67. The Bertz CT molecular complexity index is 650. The first kappa shape index (κ1) is 20.1. The van der Waals surface area contributed by atoms with Crippen LogP contribution < -0.4 is 9.25 Å². The number of anilines is 1. The molecule has 2 aliphatic rings. The van der Waals surface area contributed by atoms with Gasteiger partial charge < -0.3 is 0 Å². The summed E-state index contributed by atoms with van der Waals surface area (Å²) in [4.78, 5) is 30.8. The molecule has 26 heavy (non-hydrogen) atoms. The molecule has 0 spiro atoms. The zero-order valence-electron chi connectivity index (χ0n) is 15.6. The first-order chi connectivity index (χ1) is 12.5. The van der Waals surface area contributed by atoms with Crippen molar-refractivity contribution < 1.29 is 9.59 Å². The van der Waals surface area contributed by atoms with Crippen molar-refractivity contribution in [2.75, 3.05) is 57.2 Å². The fourth-order valence-electron chi connectivity index (χ4n) is 3.11. The van der Waals surface area contributed by atoms with Gasteiger partial charge in [-0.25, -0.2) is 0 Å². The summed E-state index contributed by atoms with van der Waals surface area (Å²) >= 11 is -1.01. The molecule has 2 fully saturated rings. The van der Waals surface area contributed by atoms with E-state index in [1.54, 1.807) is 23.9 Å². The van der Waals surface area contributed by atoms with Crippen LogP contribution in [0.25, 0.3) is 0 Å². The van der Waals surface area contributed by atoms with Crippen molar-refractivity contribution in [2.24, 2.45) is 5.92 Å². The third-order valence-corrected chi connectivity index (χ3v) is 18.4. The van der Waals surface area contributed by atoms with Gasteiger partial charge in [0.1, 0.15) is 0 Å². The van der Waals surface area contributed by atoms with Crippen molar-refractivity contribution in [3.63, 3.8) is 0 Å². The first-order valence-electron chi connectivity index (χ1n) is 8.82. The molecule has 2 saturated heterocycles. The van der Waals surface area contributed by atoms with Crippen LogP contribution >= 0.6 is 20.0 Å². The van der Waals surface area contributed by atoms with Crippen LogP contribution in [0.1, 0.15) is 6.42 Å². The van der Waals surface area contributed by atoms with Crippen molar-refractivity contribution in [1.82, 2.24) is 9.80 Å². The number of nitrogens with zero attached hydrogens (tertiary/aromatic N) is 3. The fourth-order valence-corrected chi connectivity index (χ4v) is 17.2. The second-order valence-corrected chi connectivity index (χ2v) is 18.6. The van der Waals surface area contributed by atoms with Gasteiger partial charge in [-0.2, -0.15) is 0 Å². The second kappa shape index (κ2) is 9.05. The molecule has 0 radical (unpaired) electrons. The molecule has 8 heteroatoms. The number of amides is 2. The van der Waals surface area contributed by atoms with Gasteiger partial charge in [0.2, 0.25) is 0 Å². The van der Waals surface area contributed by atoms with E-state index < -0.39 is 12.3 Å². The molecule has 3 rings (SSSR count). The number of benzene rings is 1. The van der Waals surface area contributed by atoms with Crippen molar-refractivity contribution in [3.05, 3.63) is 24.3 Å². The molecular weight excluding hydrogens is 429 g/mol. The summed E-state index contributed by atoms with van der Waals surface area (Å²) < 4.78 is 1.43. The number of hydrogen-bond acceptors (Lipinski definition) is 5. The van der Waals surface area contributed by atoms with Crippen LogP contribution in [0.3, 0.4) is 0 Å². The third kappa shape index (κ3) is 4.80. The van der Waals surface area contributed by atoms with E-state index in [-0.39, 0.29) is 24.3 Å². The molecule has 0 bridgehead atoms. The summed E-state index contributed by atoms with van der Waals surface area (Å²) in [6.45, 7) is 1.81. The zero-order valence-corrected chi connectivity index (χ0v) is 19.1. The number of likely N-dealkylation sites (tertiary alicyclic amines) is 1. The molecule has 2 amide bonds. The van der Waals surface area contributed by atoms with Crippen LogP contribution in [0.4, 0.5) is 5.69 Å². The number of carbonyl (C=O) groups excluding carboxylic acids is 2. The van der Waals surface area contributed by atoms with Gasteiger partial charge in [0.05, 0.1) is 0 Å². The van der Waals surface area contributed by atoms with Gasteiger partial charge in [0, 0.05) is 0 Å². The Balaban J connectivity index is 1.79. The summed E-state index contributed by atoms with van der Waals surface area (Å²) in [6, 6.07) is 8.40. The SMILES string of the molecule is CN1CC[C@@H](C(=O)N(CC(=O)N(C)C)c2ccc([As]3SCCS3)cc2)C1. The van der Waals surface area contributed by atoms with E-state index >= 15 is 0 Å². The maximum atomic E-state index is 13.1. The summed E-state index contributed by atoms with van der Waals surface area (Å²) in [5.41, 5.74) is 0.840. The molecule has 5 nitrogen and oxygen atoms in total. The van der Waals surface area contributed by atoms with E-state index in [0.29, 0.717) is 0 Å². The Hall–Kier alpha value is -0.622. The first-order valence-corrected chi connectivity index (χ1v) is 16.2. The molecule has 1 atom stereocenters. The molecule has 2 heterocycles. The van der Waals surface area contributed by atoms with E-state index in [2.05, 4.69) is 37.1 Å². The number of carbonyl (C=O) groups is 2. The fraction of sp³-hybridized carbons (Fsp3) is 0.556. The summed E-state index contributed by atoms with van der Waals surface area (Å²) in [5.74, 6) is 2.50. The van der Waals surface area contributed by atoms with Gasteiger partial charge in [-0.05, 0) is 0 Å². The van der Waals surface area contributed by atoms with Crippen LogP contribution in [-0.4, -0.2) is 86.2 Å². The standard InChI is InChI=1S/C18H26AsN3O2S2/c1-20(2)17(23)13-22(18(24)14-8-9-21(3)12-14)16-6-4-15(5-7-16)19-25-10-11-26-19/h4-7,14H,8-13H2,1-3H3/t14-/m1/s1. The van der Waals surface area contributed by atoms with Crippen molar-refractivity contribution in [1.29, 1.82) is 0 Å². The molecule has 0 aromatic heterocycles. The molecule has 1 aromatic carbocycles. The molecule has 142 valence electrons. The molecule has 0 saturated carbocycles. The average molecular weight is 455 g/mol. The average Bonchev–Trinajstić information content (AvgIpc) is 3.30. The monoisotopic (exact) mass is 455 g/mol. The maximum absolute atomic E-state index is 13.1. The minimum atomic E-state index is -1.01. The Morgan fingerprint density at radius 2 is 1.85 bits per heavy atom. The van der Waals surface area contributed by atoms with E-state index in [1.807, 2.05) is 19.2 Å². The minimum absolute atomic E-state index is 0.0228. The van der Waals surface area contributed by atoms with Gasteiger partial charge in [-0.15, -0.1) is 0 Å². The number of rotatable bonds is 5. The quantitative estimate of drug-likeness (QED) is 0.626. The molecule has 0 aliphatic carbocycles. The number of likely N-dealkylation sites (N-methyl/N-ethyl adjacent to an activating group) is 1. The topological polar surface area (TPSA) is 43.9 Å². The number of hydrogen-bond donors (Lipinski definition) is 0. The van der Waals surface area contributed by atoms with Gasteiger partial charge >= 0.3 is 167 Å². The predicted octanol–water partition coefficient (Wildman–Crippen LogP) is 1.23. The molecule has 0 unspecified atom stereocenters. The van der Waals surface area contributed by atoms with Crippen LogP contribution in [0, 0.1) is 5.92 Å². The Morgan fingerprint density at radius 3 is 2.38 bits per heavy atom. The van der Waals surface area contributed by atoms with Crippen LogP contribution in [0.5, 0.6) is 0 Å². The molecule has 0 N–H and O–H groups in total. The second-order valence-electron chi connectivity index (χ2n) is 6.90. The van der Waals surface area contributed by atoms with Crippen molar-refractivity contribution >= 4 is 54.2 Å². The van der Waals surface area contributed by atoms with E-state index in [0.717, 1.165) is 25.2 Å². The molecular formula is C18H26AsN3O2S2. The van der Waals surface area contributed by atoms with E-state index in [1.165, 1.54) is 15.9 Å². The van der Waals surface area contributed by atoms with Gasteiger partial charge in [0.25, 0.3) is 0 Å². The normalized spacial score (nSPS) is 21.1. The Kier molecular flexibility index (Phi) is 7.00. The van der Waals surface area contributed by atoms with Crippen molar-refractivity contribution in [2.45, 2.75) is 6.42 Å². The zero-order chi connectivity index (χ0) is 18.7. The van der Waals surface area contributed by atoms with Crippen LogP contribution in [0.15, 0.2) is 24.3 Å². The summed E-state index contributed by atoms with van der Waals surface area (Å²) in [7, 11) is 9.74. The van der Waals surface area contributed by atoms with Crippen molar-refractivity contribution in [3.8, 4) is 0 Å². The summed E-state index contributed by atoms with van der Waals surface area (Å²) in [6.07, 6.45) is 0.864. The van der Waals surface area contributed by atoms with E-state index in [9.17, 15) is 9.59 Å². The predicted molar refractivity (Wildman–Crippen MR) is 113 cm³/mol. The Morgan fingerprint density at radius 1 is 1.19 bits per heavy atom. The Labute approximate surface area is 167 Å². The van der Waals surface area contributed by atoms with Crippen LogP contribution in [-0.2, 0) is 9.59 Å². The van der Waals surface area contributed by atoms with Gasteiger partial charge in [0.15, 0.2) is 0 Å². The van der Waals surface area contributed by atoms with Crippen LogP contribution in [0.2, 0.25) is 0 Å². The van der Waals surface area contributed by atoms with Gasteiger partial charge in [-0.3, -0.25) is 0 Å². The van der Waals surface area contributed by atoms with E-state index in [4.69, 9.17) is 0 Å². The summed E-state index contributed by atoms with van der Waals surface area (Å²) in [5, 5.41) is 0. The molecule has 1 aromatic rings. The molecule has 2 aliphatic heterocycles.